The molecule has 0 bridgehead atoms. The molecule has 0 aromatic carbocycles. The van der Waals surface area contributed by atoms with Crippen molar-refractivity contribution in [2.75, 3.05) is 46.1 Å². The number of rotatable bonds is 10. The van der Waals surface area contributed by atoms with Crippen molar-refractivity contribution in [2.24, 2.45) is 17.0 Å². The van der Waals surface area contributed by atoms with E-state index in [9.17, 15) is 29.5 Å². The molecular weight excluding hydrogens is 582 g/mol. The van der Waals surface area contributed by atoms with Crippen LogP contribution < -0.4 is 5.32 Å². The molecular formula is C28H39N5O9S. The summed E-state index contributed by atoms with van der Waals surface area (Å²) in [5, 5.41) is 25.6. The second-order valence-corrected chi connectivity index (χ2v) is 12.1. The van der Waals surface area contributed by atoms with Crippen LogP contribution in [0.4, 0.5) is 9.59 Å². The maximum absolute atomic E-state index is 13.1. The summed E-state index contributed by atoms with van der Waals surface area (Å²) in [4.78, 5) is 57.0. The Morgan fingerprint density at radius 1 is 1.21 bits per heavy atom. The number of nitrogens with one attached hydrogen (secondary N) is 1. The Hall–Kier alpha value is -3.56. The van der Waals surface area contributed by atoms with Crippen LogP contribution >= 0.6 is 11.8 Å². The second kappa shape index (κ2) is 14.3. The van der Waals surface area contributed by atoms with E-state index in [2.05, 4.69) is 23.6 Å². The zero-order chi connectivity index (χ0) is 31.3. The van der Waals surface area contributed by atoms with Crippen molar-refractivity contribution in [1.29, 1.82) is 0 Å². The van der Waals surface area contributed by atoms with Crippen LogP contribution in [0.5, 0.6) is 0 Å². The lowest BCUT2D eigenvalue weighted by atomic mass is 9.79. The van der Waals surface area contributed by atoms with Gasteiger partial charge < -0.3 is 39.2 Å². The average molecular weight is 622 g/mol. The molecule has 0 saturated carbocycles. The normalized spacial score (nSPS) is 27.8. The van der Waals surface area contributed by atoms with Crippen LogP contribution in [-0.2, 0) is 23.8 Å². The van der Waals surface area contributed by atoms with Crippen molar-refractivity contribution in [1.82, 2.24) is 20.0 Å². The van der Waals surface area contributed by atoms with Gasteiger partial charge in [-0.25, -0.2) is 14.4 Å². The molecule has 15 heteroatoms. The van der Waals surface area contributed by atoms with Crippen LogP contribution in [0, 0.1) is 11.8 Å². The van der Waals surface area contributed by atoms with Crippen molar-refractivity contribution < 1.29 is 43.7 Å². The first-order valence-electron chi connectivity index (χ1n) is 14.2. The molecule has 0 radical (unpaired) electrons. The Balaban J connectivity index is 1.54. The first-order chi connectivity index (χ1) is 20.6. The van der Waals surface area contributed by atoms with Gasteiger partial charge in [0, 0.05) is 48.2 Å². The van der Waals surface area contributed by atoms with Gasteiger partial charge in [0.2, 0.25) is 5.91 Å². The standard InChI is InChI=1S/C28H39N5O9S/c1-5-9-41-26(36)23-24(16(3)22-21(17(4)34)25(35)33(22)23)43-19-13-18(32(15-19)28(38)42-10-6-2)14-20(30-39)29-27(37)31-7-11-40-12-8-31/h5-6,16-19,21-22,34,39H,1-2,7-15H2,3-4H3,(H,29,30,37)/t16-,17-,18+,19+,21+,22-/m1/s1. The predicted molar refractivity (Wildman–Crippen MR) is 156 cm³/mol. The Morgan fingerprint density at radius 2 is 1.88 bits per heavy atom. The van der Waals surface area contributed by atoms with Crippen LogP contribution in [0.2, 0.25) is 0 Å². The summed E-state index contributed by atoms with van der Waals surface area (Å²) in [6.45, 7) is 12.4. The largest absolute Gasteiger partial charge is 0.457 e. The molecule has 3 N–H and O–H groups in total. The third-order valence-corrected chi connectivity index (χ3v) is 9.46. The zero-order valence-corrected chi connectivity index (χ0v) is 25.2. The van der Waals surface area contributed by atoms with Crippen LogP contribution in [0.3, 0.4) is 0 Å². The minimum Gasteiger partial charge on any atom is -0.457 e. The molecule has 0 aromatic heterocycles. The number of likely N-dealkylation sites (tertiary alicyclic amines) is 1. The van der Waals surface area contributed by atoms with Gasteiger partial charge in [-0.3, -0.25) is 10.1 Å². The van der Waals surface area contributed by atoms with E-state index in [4.69, 9.17) is 14.2 Å². The van der Waals surface area contributed by atoms with Crippen molar-refractivity contribution in [3.05, 3.63) is 35.9 Å². The van der Waals surface area contributed by atoms with Gasteiger partial charge in [0.15, 0.2) is 5.84 Å². The van der Waals surface area contributed by atoms with Gasteiger partial charge in [0.05, 0.1) is 31.3 Å². The summed E-state index contributed by atoms with van der Waals surface area (Å²) >= 11 is 1.37. The number of oxime groups is 1. The molecule has 3 fully saturated rings. The van der Waals surface area contributed by atoms with Crippen LogP contribution in [-0.4, -0.2) is 124 Å². The van der Waals surface area contributed by atoms with Gasteiger partial charge in [-0.2, -0.15) is 0 Å². The summed E-state index contributed by atoms with van der Waals surface area (Å²) in [7, 11) is 0. The summed E-state index contributed by atoms with van der Waals surface area (Å²) < 4.78 is 15.9. The number of hydrogen-bond acceptors (Lipinski definition) is 11. The number of fused-ring (bicyclic) bond motifs is 1. The lowest BCUT2D eigenvalue weighted by molar-refractivity contribution is -0.164. The lowest BCUT2D eigenvalue weighted by Crippen LogP contribution is -2.63. The highest BCUT2D eigenvalue weighted by molar-refractivity contribution is 8.03. The molecule has 4 amide bonds. The number of morpholine rings is 1. The number of ether oxygens (including phenoxy) is 3. The SMILES string of the molecule is C=CCOC(=O)C1=C(S[C@H]2C[C@@H](C/C(=N/O)NC(=O)N3CCOCC3)N(C(=O)OCC=C)C2)[C@H](C)[C@@H]2[C@H]([C@@H](C)O)C(=O)N12. The molecule has 14 nitrogen and oxygen atoms in total. The number of aliphatic hydroxyl groups is 1. The summed E-state index contributed by atoms with van der Waals surface area (Å²) in [5.74, 6) is -1.92. The van der Waals surface area contributed by atoms with Crippen LogP contribution in [0.1, 0.15) is 26.7 Å². The van der Waals surface area contributed by atoms with Crippen LogP contribution in [0.25, 0.3) is 0 Å². The molecule has 0 aromatic rings. The highest BCUT2D eigenvalue weighted by atomic mass is 32.2. The van der Waals surface area contributed by atoms with Crippen molar-refractivity contribution in [2.45, 2.75) is 50.1 Å². The number of thioether (sulfide) groups is 1. The molecule has 4 rings (SSSR count). The Kier molecular flexibility index (Phi) is 10.7. The first kappa shape index (κ1) is 32.4. The molecule has 6 atom stereocenters. The van der Waals surface area contributed by atoms with E-state index in [1.165, 1.54) is 33.7 Å². The number of urea groups is 1. The lowest BCUT2D eigenvalue weighted by Gasteiger charge is -2.46. The van der Waals surface area contributed by atoms with Gasteiger partial charge in [0.25, 0.3) is 0 Å². The number of amidine groups is 1. The topological polar surface area (TPSA) is 171 Å². The molecule has 4 aliphatic rings. The van der Waals surface area contributed by atoms with E-state index in [-0.39, 0.29) is 54.8 Å². The summed E-state index contributed by atoms with van der Waals surface area (Å²) in [6, 6.07) is -1.34. The fourth-order valence-corrected chi connectivity index (χ4v) is 7.51. The maximum atomic E-state index is 13.1. The van der Waals surface area contributed by atoms with Gasteiger partial charge >= 0.3 is 18.1 Å². The van der Waals surface area contributed by atoms with Gasteiger partial charge in [0.1, 0.15) is 18.9 Å². The minimum atomic E-state index is -0.888. The van der Waals surface area contributed by atoms with Crippen molar-refractivity contribution in [3.63, 3.8) is 0 Å². The monoisotopic (exact) mass is 621 g/mol. The van der Waals surface area contributed by atoms with Crippen molar-refractivity contribution >= 4 is 41.6 Å². The van der Waals surface area contributed by atoms with E-state index in [0.29, 0.717) is 37.6 Å². The molecule has 236 valence electrons. The van der Waals surface area contributed by atoms with Gasteiger partial charge in [-0.05, 0) is 13.3 Å². The van der Waals surface area contributed by atoms with E-state index in [1.807, 2.05) is 6.92 Å². The molecule has 4 aliphatic heterocycles. The highest BCUT2D eigenvalue weighted by Gasteiger charge is 2.60. The zero-order valence-electron chi connectivity index (χ0n) is 24.3. The number of β-lactam (4-membered cyclic amide) rings is 1. The number of carbonyl (C=O) groups is 4. The van der Waals surface area contributed by atoms with E-state index < -0.39 is 42.2 Å². The molecule has 0 spiro atoms. The van der Waals surface area contributed by atoms with E-state index >= 15 is 0 Å². The Bertz CT molecular complexity index is 1190. The van der Waals surface area contributed by atoms with Crippen molar-refractivity contribution in [3.8, 4) is 0 Å². The second-order valence-electron chi connectivity index (χ2n) is 10.8. The fraction of sp³-hybridized carbons (Fsp3) is 0.607. The number of amides is 4. The summed E-state index contributed by atoms with van der Waals surface area (Å²) in [6.07, 6.45) is 1.84. The fourth-order valence-electron chi connectivity index (χ4n) is 5.95. The first-order valence-corrected chi connectivity index (χ1v) is 15.1. The van der Waals surface area contributed by atoms with Gasteiger partial charge in [-0.15, -0.1) is 11.8 Å². The van der Waals surface area contributed by atoms with Gasteiger partial charge in [-0.1, -0.05) is 37.4 Å². The quantitative estimate of drug-likeness (QED) is 0.0618. The highest BCUT2D eigenvalue weighted by Crippen LogP contribution is 2.52. The summed E-state index contributed by atoms with van der Waals surface area (Å²) in [5.41, 5.74) is 0.144. The molecule has 3 saturated heterocycles. The molecule has 0 aliphatic carbocycles. The number of hydrogen-bond donors (Lipinski definition) is 3. The molecule has 0 unspecified atom stereocenters. The molecule has 4 heterocycles. The third kappa shape index (κ3) is 6.83. The van der Waals surface area contributed by atoms with E-state index in [1.54, 1.807) is 11.8 Å². The number of nitrogens with zero attached hydrogens (tertiary/aromatic N) is 4. The Labute approximate surface area is 254 Å². The predicted octanol–water partition coefficient (Wildman–Crippen LogP) is 1.50. The third-order valence-electron chi connectivity index (χ3n) is 7.96. The number of aliphatic hydroxyl groups excluding tert-OH is 1. The molecule has 43 heavy (non-hydrogen) atoms. The maximum Gasteiger partial charge on any atom is 0.410 e. The average Bonchev–Trinajstić information content (AvgIpc) is 3.50. The number of esters is 1. The Morgan fingerprint density at radius 3 is 2.51 bits per heavy atom. The number of carbonyl (C=O) groups excluding carboxylic acids is 4. The van der Waals surface area contributed by atoms with E-state index in [0.717, 1.165) is 0 Å². The smallest absolute Gasteiger partial charge is 0.410 e. The van der Waals surface area contributed by atoms with Crippen LogP contribution in [0.15, 0.2) is 41.1 Å². The minimum absolute atomic E-state index is 0.00443.